The van der Waals surface area contributed by atoms with Crippen LogP contribution in [-0.4, -0.2) is 69.6 Å². The summed E-state index contributed by atoms with van der Waals surface area (Å²) in [6.07, 6.45) is -2.55. The molecule has 6 nitrogen and oxygen atoms in total. The fourth-order valence-corrected chi connectivity index (χ4v) is 3.37. The molecule has 1 heterocycles. The molecule has 1 aromatic rings. The zero-order valence-electron chi connectivity index (χ0n) is 18.6. The van der Waals surface area contributed by atoms with E-state index in [0.717, 1.165) is 31.6 Å². The molecule has 1 aliphatic rings. The van der Waals surface area contributed by atoms with Crippen molar-refractivity contribution >= 4 is 29.9 Å². The number of guanidine groups is 1. The van der Waals surface area contributed by atoms with Crippen molar-refractivity contribution in [2.24, 2.45) is 4.99 Å². The molecular formula is C21H34F3IN4O2. The van der Waals surface area contributed by atoms with Crippen LogP contribution in [0.5, 0.6) is 5.75 Å². The molecule has 0 aromatic heterocycles. The molecule has 0 spiro atoms. The predicted octanol–water partition coefficient (Wildman–Crippen LogP) is 3.72. The highest BCUT2D eigenvalue weighted by molar-refractivity contribution is 14.0. The number of likely N-dealkylation sites (N-methyl/N-ethyl adjacent to an activating group) is 1. The van der Waals surface area contributed by atoms with Gasteiger partial charge in [0.15, 0.2) is 12.6 Å². The first-order valence-electron chi connectivity index (χ1n) is 10.2. The molecule has 0 atom stereocenters. The third-order valence-corrected chi connectivity index (χ3v) is 5.32. The molecule has 2 rings (SSSR count). The second-order valence-electron chi connectivity index (χ2n) is 7.79. The number of benzene rings is 1. The highest BCUT2D eigenvalue weighted by Crippen LogP contribution is 2.26. The molecule has 0 saturated carbocycles. The lowest BCUT2D eigenvalue weighted by molar-refractivity contribution is -0.153. The highest BCUT2D eigenvalue weighted by atomic mass is 127. The van der Waals surface area contributed by atoms with Gasteiger partial charge in [-0.3, -0.25) is 0 Å². The van der Waals surface area contributed by atoms with E-state index in [-0.39, 0.29) is 41.8 Å². The van der Waals surface area contributed by atoms with E-state index >= 15 is 0 Å². The van der Waals surface area contributed by atoms with Gasteiger partial charge in [-0.2, -0.15) is 13.2 Å². The largest absolute Gasteiger partial charge is 0.484 e. The molecule has 10 heteroatoms. The summed E-state index contributed by atoms with van der Waals surface area (Å²) in [4.78, 5) is 6.79. The first kappa shape index (κ1) is 27.8. The Morgan fingerprint density at radius 3 is 2.48 bits per heavy atom. The zero-order valence-corrected chi connectivity index (χ0v) is 21.0. The molecule has 178 valence electrons. The van der Waals surface area contributed by atoms with E-state index in [1.807, 2.05) is 19.9 Å². The number of halogens is 4. The minimum atomic E-state index is -4.38. The third-order valence-electron chi connectivity index (χ3n) is 5.32. The van der Waals surface area contributed by atoms with Gasteiger partial charge in [0.2, 0.25) is 0 Å². The first-order valence-corrected chi connectivity index (χ1v) is 10.2. The summed E-state index contributed by atoms with van der Waals surface area (Å²) in [6, 6.07) is 5.21. The Balaban J connectivity index is 0.00000480. The van der Waals surface area contributed by atoms with Gasteiger partial charge < -0.3 is 25.0 Å². The normalized spacial score (nSPS) is 16.6. The van der Waals surface area contributed by atoms with Crippen LogP contribution in [0.2, 0.25) is 0 Å². The maximum absolute atomic E-state index is 12.6. The van der Waals surface area contributed by atoms with Gasteiger partial charge in [0.25, 0.3) is 0 Å². The maximum Gasteiger partial charge on any atom is 0.422 e. The summed E-state index contributed by atoms with van der Waals surface area (Å²) in [6.45, 7) is 5.48. The minimum Gasteiger partial charge on any atom is -0.484 e. The van der Waals surface area contributed by atoms with E-state index in [1.54, 1.807) is 12.1 Å². The number of ether oxygens (including phenoxy) is 2. The van der Waals surface area contributed by atoms with Gasteiger partial charge in [-0.15, -0.1) is 24.0 Å². The lowest BCUT2D eigenvalue weighted by Gasteiger charge is -2.43. The second-order valence-corrected chi connectivity index (χ2v) is 7.79. The van der Waals surface area contributed by atoms with Gasteiger partial charge in [-0.1, -0.05) is 12.1 Å². The molecule has 1 aliphatic heterocycles. The Labute approximate surface area is 200 Å². The number of rotatable bonds is 8. The second kappa shape index (κ2) is 12.7. The van der Waals surface area contributed by atoms with Gasteiger partial charge in [0.1, 0.15) is 5.75 Å². The van der Waals surface area contributed by atoms with Crippen molar-refractivity contribution in [1.82, 2.24) is 15.5 Å². The van der Waals surface area contributed by atoms with Crippen molar-refractivity contribution < 1.29 is 22.6 Å². The average Bonchev–Trinajstić information content (AvgIpc) is 2.69. The molecule has 0 unspecified atom stereocenters. The summed E-state index contributed by atoms with van der Waals surface area (Å²) < 4.78 is 48.3. The Morgan fingerprint density at radius 2 is 1.90 bits per heavy atom. The third kappa shape index (κ3) is 9.01. The number of nitrogens with zero attached hydrogens (tertiary/aromatic N) is 2. The van der Waals surface area contributed by atoms with Crippen LogP contribution >= 0.6 is 24.0 Å². The molecule has 0 aliphatic carbocycles. The van der Waals surface area contributed by atoms with Gasteiger partial charge >= 0.3 is 6.18 Å². The van der Waals surface area contributed by atoms with E-state index < -0.39 is 12.8 Å². The monoisotopic (exact) mass is 558 g/mol. The van der Waals surface area contributed by atoms with E-state index in [2.05, 4.69) is 34.6 Å². The predicted molar refractivity (Wildman–Crippen MR) is 127 cm³/mol. The Kier molecular flexibility index (Phi) is 11.4. The number of aryl methyl sites for hydroxylation is 1. The number of hydrogen-bond donors (Lipinski definition) is 2. The standard InChI is InChI=1S/C21H33F3N4O2.HI/c1-5-25-19(27-14-20(28(3)4)8-10-29-11-9-20)26-13-17-7-6-16(2)12-18(17)30-15-21(22,23)24;/h6-7,12H,5,8-11,13-15H2,1-4H3,(H2,25,26,27);1H. The van der Waals surface area contributed by atoms with Crippen LogP contribution < -0.4 is 15.4 Å². The van der Waals surface area contributed by atoms with Crippen molar-refractivity contribution in [3.05, 3.63) is 29.3 Å². The minimum absolute atomic E-state index is 0. The van der Waals surface area contributed by atoms with Crippen molar-refractivity contribution in [2.75, 3.05) is 47.0 Å². The van der Waals surface area contributed by atoms with E-state index in [0.29, 0.717) is 24.6 Å². The highest BCUT2D eigenvalue weighted by Gasteiger charge is 2.34. The number of alkyl halides is 3. The van der Waals surface area contributed by atoms with Crippen LogP contribution in [0.4, 0.5) is 13.2 Å². The summed E-state index contributed by atoms with van der Waals surface area (Å²) >= 11 is 0. The van der Waals surface area contributed by atoms with E-state index in [9.17, 15) is 13.2 Å². The first-order chi connectivity index (χ1) is 14.1. The lowest BCUT2D eigenvalue weighted by atomic mass is 9.88. The van der Waals surface area contributed by atoms with E-state index in [1.165, 1.54) is 0 Å². The zero-order chi connectivity index (χ0) is 22.2. The Hall–Kier alpha value is -1.27. The van der Waals surface area contributed by atoms with Crippen molar-refractivity contribution in [3.8, 4) is 5.75 Å². The summed E-state index contributed by atoms with van der Waals surface area (Å²) in [5.74, 6) is 0.827. The van der Waals surface area contributed by atoms with Crippen molar-refractivity contribution in [3.63, 3.8) is 0 Å². The Morgan fingerprint density at radius 1 is 1.23 bits per heavy atom. The lowest BCUT2D eigenvalue weighted by Crippen LogP contribution is -2.57. The van der Waals surface area contributed by atoms with E-state index in [4.69, 9.17) is 9.47 Å². The average molecular weight is 558 g/mol. The quantitative estimate of drug-likeness (QED) is 0.290. The van der Waals surface area contributed by atoms with Crippen LogP contribution in [0.1, 0.15) is 30.9 Å². The molecule has 0 radical (unpaired) electrons. The molecule has 1 fully saturated rings. The molecule has 2 N–H and O–H groups in total. The molecule has 31 heavy (non-hydrogen) atoms. The summed E-state index contributed by atoms with van der Waals surface area (Å²) in [5, 5.41) is 6.59. The van der Waals surface area contributed by atoms with Crippen LogP contribution in [-0.2, 0) is 11.3 Å². The molecule has 1 saturated heterocycles. The van der Waals surface area contributed by atoms with Gasteiger partial charge in [0.05, 0.1) is 6.54 Å². The van der Waals surface area contributed by atoms with Gasteiger partial charge in [0, 0.05) is 37.4 Å². The maximum atomic E-state index is 12.6. The van der Waals surface area contributed by atoms with Crippen molar-refractivity contribution in [2.45, 2.75) is 44.9 Å². The molecular weight excluding hydrogens is 524 g/mol. The number of aliphatic imine (C=N–C) groups is 1. The topological polar surface area (TPSA) is 58.1 Å². The number of nitrogens with one attached hydrogen (secondary N) is 2. The van der Waals surface area contributed by atoms with Crippen LogP contribution in [0, 0.1) is 6.92 Å². The van der Waals surface area contributed by atoms with Gasteiger partial charge in [-0.05, 0) is 52.4 Å². The SMILES string of the molecule is CCNC(=NCc1ccc(C)cc1OCC(F)(F)F)NCC1(N(C)C)CCOCC1.I. The van der Waals surface area contributed by atoms with Crippen LogP contribution in [0.15, 0.2) is 23.2 Å². The summed E-state index contributed by atoms with van der Waals surface area (Å²) in [7, 11) is 4.13. The molecule has 0 amide bonds. The Bertz CT molecular complexity index is 708. The van der Waals surface area contributed by atoms with Crippen molar-refractivity contribution in [1.29, 1.82) is 0 Å². The smallest absolute Gasteiger partial charge is 0.422 e. The fraction of sp³-hybridized carbons (Fsp3) is 0.667. The number of hydrogen-bond acceptors (Lipinski definition) is 4. The van der Waals surface area contributed by atoms with Crippen LogP contribution in [0.3, 0.4) is 0 Å². The molecule has 1 aromatic carbocycles. The summed E-state index contributed by atoms with van der Waals surface area (Å²) in [5.41, 5.74) is 1.41. The molecule has 0 bridgehead atoms. The van der Waals surface area contributed by atoms with Crippen LogP contribution in [0.25, 0.3) is 0 Å². The van der Waals surface area contributed by atoms with Gasteiger partial charge in [-0.25, -0.2) is 4.99 Å². The fourth-order valence-electron chi connectivity index (χ4n) is 3.37.